The lowest BCUT2D eigenvalue weighted by molar-refractivity contribution is -0.130. The van der Waals surface area contributed by atoms with E-state index in [4.69, 9.17) is 0 Å². The molecule has 0 unspecified atom stereocenters. The Bertz CT molecular complexity index is 527. The van der Waals surface area contributed by atoms with E-state index >= 15 is 0 Å². The average molecular weight is 373 g/mol. The number of nitrogens with one attached hydrogen (secondary N) is 2. The highest BCUT2D eigenvalue weighted by atomic mass is 19.4. The number of hydrogen-bond donors (Lipinski definition) is 2. The Morgan fingerprint density at radius 2 is 1.73 bits per heavy atom. The van der Waals surface area contributed by atoms with Gasteiger partial charge in [0.25, 0.3) is 0 Å². The zero-order valence-corrected chi connectivity index (χ0v) is 17.1. The van der Waals surface area contributed by atoms with E-state index in [1.807, 2.05) is 13.8 Å². The lowest BCUT2D eigenvalue weighted by atomic mass is 10.0. The Morgan fingerprint density at radius 3 is 2.19 bits per heavy atom. The zero-order valence-electron chi connectivity index (χ0n) is 17.1. The van der Waals surface area contributed by atoms with Crippen LogP contribution >= 0.6 is 0 Å². The third kappa shape index (κ3) is 10.5. The lowest BCUT2D eigenvalue weighted by Crippen LogP contribution is -2.35. The molecule has 0 saturated carbocycles. The van der Waals surface area contributed by atoms with E-state index < -0.39 is 12.6 Å². The molecule has 0 aromatic heterocycles. The van der Waals surface area contributed by atoms with Gasteiger partial charge in [-0.3, -0.25) is 0 Å². The minimum Gasteiger partial charge on any atom is -0.382 e. The van der Waals surface area contributed by atoms with Gasteiger partial charge >= 0.3 is 6.18 Å². The molecule has 2 nitrogen and oxygen atoms in total. The molecule has 0 aliphatic carbocycles. The fraction of sp³-hybridized carbons (Fsp3) is 0.619. The van der Waals surface area contributed by atoms with Crippen LogP contribution in [-0.4, -0.2) is 25.3 Å². The molecular formula is C21H35F3N2. The predicted octanol–water partition coefficient (Wildman–Crippen LogP) is 6.57. The molecule has 1 aromatic carbocycles. The molecule has 5 heteroatoms. The quantitative estimate of drug-likeness (QED) is 0.627. The van der Waals surface area contributed by atoms with Gasteiger partial charge in [0.05, 0.1) is 0 Å². The van der Waals surface area contributed by atoms with Gasteiger partial charge in [0.15, 0.2) is 0 Å². The summed E-state index contributed by atoms with van der Waals surface area (Å²) in [6.45, 7) is 13.8. The normalized spacial score (nSPS) is 14.3. The van der Waals surface area contributed by atoms with Gasteiger partial charge in [-0.25, -0.2) is 0 Å². The molecule has 0 spiro atoms. The average Bonchev–Trinajstić information content (AvgIpc) is 2.60. The second-order valence-electron chi connectivity index (χ2n) is 6.40. The van der Waals surface area contributed by atoms with Crippen LogP contribution in [-0.2, 0) is 0 Å². The Kier molecular flexibility index (Phi) is 12.1. The molecule has 0 amide bonds. The largest absolute Gasteiger partial charge is 0.388 e. The van der Waals surface area contributed by atoms with Crippen molar-refractivity contribution in [2.75, 3.05) is 18.4 Å². The summed E-state index contributed by atoms with van der Waals surface area (Å²) in [7, 11) is 0. The summed E-state index contributed by atoms with van der Waals surface area (Å²) in [5.41, 5.74) is 5.31. The molecule has 150 valence electrons. The van der Waals surface area contributed by atoms with E-state index in [1.54, 1.807) is 0 Å². The fourth-order valence-corrected chi connectivity index (χ4v) is 2.47. The van der Waals surface area contributed by atoms with Crippen LogP contribution in [0.4, 0.5) is 18.9 Å². The summed E-state index contributed by atoms with van der Waals surface area (Å²) in [5.74, 6) is 0. The van der Waals surface area contributed by atoms with Crippen molar-refractivity contribution in [3.8, 4) is 0 Å². The third-order valence-corrected chi connectivity index (χ3v) is 3.86. The van der Waals surface area contributed by atoms with Gasteiger partial charge in [-0.05, 0) is 58.3 Å². The van der Waals surface area contributed by atoms with Crippen LogP contribution in [0.2, 0.25) is 0 Å². The van der Waals surface area contributed by atoms with Gasteiger partial charge in [-0.2, -0.15) is 13.2 Å². The number of allylic oxidation sites excluding steroid dienone is 1. The first-order valence-electron chi connectivity index (χ1n) is 9.51. The number of halogens is 3. The highest BCUT2D eigenvalue weighted by Crippen LogP contribution is 2.24. The monoisotopic (exact) mass is 372 g/mol. The second-order valence-corrected chi connectivity index (χ2v) is 6.40. The van der Waals surface area contributed by atoms with Gasteiger partial charge < -0.3 is 10.6 Å². The third-order valence-electron chi connectivity index (χ3n) is 3.86. The van der Waals surface area contributed by atoms with E-state index in [9.17, 15) is 13.2 Å². The molecule has 1 aromatic rings. The summed E-state index contributed by atoms with van der Waals surface area (Å²) < 4.78 is 32.4. The first-order chi connectivity index (χ1) is 12.2. The maximum atomic E-state index is 10.8. The van der Waals surface area contributed by atoms with Crippen molar-refractivity contribution >= 4 is 11.8 Å². The molecule has 1 heterocycles. The Balaban J connectivity index is 0.000000667. The van der Waals surface area contributed by atoms with Crippen LogP contribution in [0.15, 0.2) is 23.8 Å². The van der Waals surface area contributed by atoms with E-state index in [1.165, 1.54) is 35.2 Å². The van der Waals surface area contributed by atoms with Crippen molar-refractivity contribution in [2.45, 2.75) is 73.0 Å². The molecule has 2 rings (SSSR count). The zero-order chi connectivity index (χ0) is 20.2. The van der Waals surface area contributed by atoms with Crippen molar-refractivity contribution in [3.05, 3.63) is 34.9 Å². The van der Waals surface area contributed by atoms with Crippen LogP contribution in [0.3, 0.4) is 0 Å². The molecule has 1 aliphatic heterocycles. The van der Waals surface area contributed by atoms with Crippen LogP contribution in [0.1, 0.15) is 65.0 Å². The first-order valence-corrected chi connectivity index (χ1v) is 9.51. The van der Waals surface area contributed by atoms with Crippen LogP contribution in [0, 0.1) is 6.92 Å². The number of benzene rings is 1. The van der Waals surface area contributed by atoms with Crippen molar-refractivity contribution in [2.24, 2.45) is 0 Å². The number of hydrogen-bond acceptors (Lipinski definition) is 2. The molecule has 1 fully saturated rings. The number of rotatable bonds is 3. The maximum Gasteiger partial charge on any atom is 0.388 e. The minimum atomic E-state index is -3.96. The Morgan fingerprint density at radius 1 is 1.19 bits per heavy atom. The molecular weight excluding hydrogens is 337 g/mol. The summed E-state index contributed by atoms with van der Waals surface area (Å²) in [6.07, 6.45) is 0.0101. The Hall–Kier alpha value is -1.49. The molecule has 1 saturated heterocycles. The number of anilines is 1. The molecule has 26 heavy (non-hydrogen) atoms. The molecule has 1 aliphatic rings. The van der Waals surface area contributed by atoms with Crippen molar-refractivity contribution < 1.29 is 13.2 Å². The van der Waals surface area contributed by atoms with Crippen LogP contribution in [0.5, 0.6) is 0 Å². The Labute approximate surface area is 157 Å². The van der Waals surface area contributed by atoms with E-state index in [0.29, 0.717) is 6.04 Å². The predicted molar refractivity (Wildman–Crippen MR) is 108 cm³/mol. The fourth-order valence-electron chi connectivity index (χ4n) is 2.47. The van der Waals surface area contributed by atoms with Crippen molar-refractivity contribution in [1.82, 2.24) is 5.32 Å². The molecule has 0 atom stereocenters. The minimum absolute atomic E-state index is 0.609. The van der Waals surface area contributed by atoms with Crippen molar-refractivity contribution in [1.29, 1.82) is 0 Å². The number of alkyl halides is 3. The standard InChI is InChI=1S/C16H24N2.C3H5F3.C2H6/c1-12(2)11-15-13(3)5-4-6-16(15)18-14-7-9-17-10-8-14;1-2-3(4,5)6;1-2/h4-6,11,14,17-18H,7-10H2,1-3H3;2H2,1H3;1-2H3. The number of aryl methyl sites for hydroxylation is 1. The van der Waals surface area contributed by atoms with E-state index in [-0.39, 0.29) is 0 Å². The van der Waals surface area contributed by atoms with Gasteiger partial charge in [0, 0.05) is 23.7 Å². The van der Waals surface area contributed by atoms with Gasteiger partial charge in [-0.15, -0.1) is 0 Å². The van der Waals surface area contributed by atoms with E-state index in [2.05, 4.69) is 55.7 Å². The van der Waals surface area contributed by atoms with Crippen LogP contribution in [0.25, 0.3) is 6.08 Å². The maximum absolute atomic E-state index is 10.8. The highest BCUT2D eigenvalue weighted by Gasteiger charge is 2.22. The summed E-state index contributed by atoms with van der Waals surface area (Å²) in [4.78, 5) is 0. The molecule has 0 bridgehead atoms. The van der Waals surface area contributed by atoms with Gasteiger partial charge in [-0.1, -0.05) is 44.6 Å². The smallest absolute Gasteiger partial charge is 0.382 e. The summed E-state index contributed by atoms with van der Waals surface area (Å²) in [6, 6.07) is 7.13. The first kappa shape index (κ1) is 24.5. The van der Waals surface area contributed by atoms with E-state index in [0.717, 1.165) is 20.0 Å². The summed E-state index contributed by atoms with van der Waals surface area (Å²) >= 11 is 0. The molecule has 2 N–H and O–H groups in total. The number of piperidine rings is 1. The van der Waals surface area contributed by atoms with Crippen LogP contribution < -0.4 is 10.6 Å². The SMILES string of the molecule is CC.CC(C)=Cc1c(C)cccc1NC1CCNCC1.CCC(F)(F)F. The molecule has 0 radical (unpaired) electrons. The van der Waals surface area contributed by atoms with Gasteiger partial charge in [0.1, 0.15) is 0 Å². The van der Waals surface area contributed by atoms with Crippen molar-refractivity contribution in [3.63, 3.8) is 0 Å². The summed E-state index contributed by atoms with van der Waals surface area (Å²) in [5, 5.41) is 7.12. The lowest BCUT2D eigenvalue weighted by Gasteiger charge is -2.26. The second kappa shape index (κ2) is 12.8. The highest BCUT2D eigenvalue weighted by molar-refractivity contribution is 5.70. The van der Waals surface area contributed by atoms with Gasteiger partial charge in [0.2, 0.25) is 0 Å². The topological polar surface area (TPSA) is 24.1 Å².